The first-order valence-electron chi connectivity index (χ1n) is 7.67. The molecule has 1 aliphatic heterocycles. The number of rotatable bonds is 2. The highest BCUT2D eigenvalue weighted by molar-refractivity contribution is 5.84. The molecule has 1 aromatic rings. The van der Waals surface area contributed by atoms with Gasteiger partial charge in [0.25, 0.3) is 0 Å². The minimum atomic E-state index is -1.05. The monoisotopic (exact) mass is 319 g/mol. The van der Waals surface area contributed by atoms with Crippen LogP contribution in [-0.2, 0) is 11.3 Å². The van der Waals surface area contributed by atoms with Crippen LogP contribution >= 0.6 is 0 Å². The topological polar surface area (TPSA) is 86.9 Å². The van der Waals surface area contributed by atoms with Crippen molar-refractivity contribution in [3.8, 4) is 0 Å². The Morgan fingerprint density at radius 1 is 1.30 bits per heavy atom. The molecule has 1 aliphatic rings. The summed E-state index contributed by atoms with van der Waals surface area (Å²) < 4.78 is 0. The first-order chi connectivity index (χ1) is 10.5. The van der Waals surface area contributed by atoms with Gasteiger partial charge in [-0.2, -0.15) is 0 Å². The Morgan fingerprint density at radius 3 is 2.35 bits per heavy atom. The summed E-state index contributed by atoms with van der Waals surface area (Å²) in [7, 11) is 0. The number of piperazine rings is 1. The molecule has 1 unspecified atom stereocenters. The fraction of sp³-hybridized carbons (Fsp3) is 0.529. The van der Waals surface area contributed by atoms with Gasteiger partial charge in [-0.05, 0) is 30.0 Å². The van der Waals surface area contributed by atoms with Crippen LogP contribution in [0.4, 0.5) is 10.5 Å². The summed E-state index contributed by atoms with van der Waals surface area (Å²) in [6.45, 7) is 8.62. The highest BCUT2D eigenvalue weighted by Gasteiger charge is 2.50. The summed E-state index contributed by atoms with van der Waals surface area (Å²) >= 11 is 0. The molecule has 2 amide bonds. The zero-order chi connectivity index (χ0) is 17.4. The number of nitrogen functional groups attached to an aromatic ring is 1. The van der Waals surface area contributed by atoms with Gasteiger partial charge in [0, 0.05) is 18.8 Å². The van der Waals surface area contributed by atoms with Crippen molar-refractivity contribution in [1.29, 1.82) is 0 Å². The van der Waals surface area contributed by atoms with Crippen molar-refractivity contribution >= 4 is 17.7 Å². The van der Waals surface area contributed by atoms with Crippen molar-refractivity contribution in [2.24, 2.45) is 5.41 Å². The average Bonchev–Trinajstić information content (AvgIpc) is 2.43. The Bertz CT molecular complexity index is 607. The molecule has 0 spiro atoms. The van der Waals surface area contributed by atoms with Gasteiger partial charge in [-0.25, -0.2) is 4.79 Å². The van der Waals surface area contributed by atoms with Crippen molar-refractivity contribution in [2.45, 2.75) is 39.8 Å². The normalized spacial score (nSPS) is 22.3. The molecule has 6 nitrogen and oxygen atoms in total. The first-order valence-corrected chi connectivity index (χ1v) is 7.67. The lowest BCUT2D eigenvalue weighted by atomic mass is 9.72. The molecule has 126 valence electrons. The van der Waals surface area contributed by atoms with E-state index in [1.807, 2.05) is 39.8 Å². The maximum atomic E-state index is 12.4. The quantitative estimate of drug-likeness (QED) is 0.819. The van der Waals surface area contributed by atoms with E-state index in [-0.39, 0.29) is 17.9 Å². The minimum Gasteiger partial charge on any atom is -0.465 e. The maximum absolute atomic E-state index is 12.4. The van der Waals surface area contributed by atoms with Crippen LogP contribution in [0.5, 0.6) is 0 Å². The van der Waals surface area contributed by atoms with E-state index in [0.29, 0.717) is 18.8 Å². The molecule has 6 heteroatoms. The number of benzene rings is 1. The molecule has 1 saturated heterocycles. The van der Waals surface area contributed by atoms with Gasteiger partial charge in [0.2, 0.25) is 5.91 Å². The van der Waals surface area contributed by atoms with Crippen LogP contribution in [0.3, 0.4) is 0 Å². The number of carbonyl (C=O) groups is 2. The predicted molar refractivity (Wildman–Crippen MR) is 88.9 cm³/mol. The van der Waals surface area contributed by atoms with Gasteiger partial charge in [-0.3, -0.25) is 9.69 Å². The summed E-state index contributed by atoms with van der Waals surface area (Å²) in [6.07, 6.45) is -1.05. The molecule has 1 fully saturated rings. The van der Waals surface area contributed by atoms with Crippen LogP contribution in [0.15, 0.2) is 24.3 Å². The van der Waals surface area contributed by atoms with Crippen molar-refractivity contribution in [2.75, 3.05) is 18.8 Å². The average molecular weight is 319 g/mol. The maximum Gasteiger partial charge on any atom is 0.408 e. The minimum absolute atomic E-state index is 0.113. The summed E-state index contributed by atoms with van der Waals surface area (Å²) in [5.74, 6) is -0.175. The van der Waals surface area contributed by atoms with Gasteiger partial charge < -0.3 is 15.7 Å². The van der Waals surface area contributed by atoms with Gasteiger partial charge in [0.15, 0.2) is 0 Å². The number of hydrogen-bond acceptors (Lipinski definition) is 3. The smallest absolute Gasteiger partial charge is 0.408 e. The Labute approximate surface area is 136 Å². The highest BCUT2D eigenvalue weighted by Crippen LogP contribution is 2.39. The van der Waals surface area contributed by atoms with Crippen LogP contribution in [0, 0.1) is 5.41 Å². The van der Waals surface area contributed by atoms with E-state index in [4.69, 9.17) is 5.73 Å². The van der Waals surface area contributed by atoms with Gasteiger partial charge in [-0.15, -0.1) is 0 Å². The van der Waals surface area contributed by atoms with Crippen LogP contribution < -0.4 is 5.73 Å². The zero-order valence-corrected chi connectivity index (χ0v) is 14.2. The fourth-order valence-electron chi connectivity index (χ4n) is 2.86. The molecule has 0 bridgehead atoms. The number of nitrogens with zero attached hydrogens (tertiary/aromatic N) is 2. The second-order valence-corrected chi connectivity index (χ2v) is 7.38. The molecule has 1 heterocycles. The van der Waals surface area contributed by atoms with E-state index >= 15 is 0 Å². The van der Waals surface area contributed by atoms with Crippen molar-refractivity contribution < 1.29 is 14.7 Å². The SMILES string of the molecule is CC(C)(C)C1(C)CN(Cc2ccc(N)cc2)C(=O)CN1C(=O)O. The number of hydrogen-bond donors (Lipinski definition) is 2. The Morgan fingerprint density at radius 2 is 1.87 bits per heavy atom. The van der Waals surface area contributed by atoms with Crippen molar-refractivity contribution in [3.63, 3.8) is 0 Å². The number of amides is 2. The van der Waals surface area contributed by atoms with E-state index < -0.39 is 11.6 Å². The van der Waals surface area contributed by atoms with E-state index in [1.165, 1.54) is 4.90 Å². The lowest BCUT2D eigenvalue weighted by molar-refractivity contribution is -0.146. The lowest BCUT2D eigenvalue weighted by Gasteiger charge is -2.53. The fourth-order valence-corrected chi connectivity index (χ4v) is 2.86. The van der Waals surface area contributed by atoms with Crippen LogP contribution in [0.2, 0.25) is 0 Å². The molecular weight excluding hydrogens is 294 g/mol. The number of carboxylic acid groups (broad SMARTS) is 1. The molecule has 0 saturated carbocycles. The van der Waals surface area contributed by atoms with E-state index in [9.17, 15) is 14.7 Å². The van der Waals surface area contributed by atoms with Gasteiger partial charge in [0.1, 0.15) is 6.54 Å². The van der Waals surface area contributed by atoms with E-state index in [0.717, 1.165) is 5.56 Å². The van der Waals surface area contributed by atoms with Gasteiger partial charge in [0.05, 0.1) is 5.54 Å². The van der Waals surface area contributed by atoms with E-state index in [2.05, 4.69) is 0 Å². The third kappa shape index (κ3) is 3.25. The number of carbonyl (C=O) groups excluding carboxylic acids is 1. The van der Waals surface area contributed by atoms with Crippen molar-refractivity contribution in [1.82, 2.24) is 9.80 Å². The van der Waals surface area contributed by atoms with E-state index in [1.54, 1.807) is 17.0 Å². The molecule has 0 aliphatic carbocycles. The second-order valence-electron chi connectivity index (χ2n) is 7.38. The van der Waals surface area contributed by atoms with Crippen LogP contribution in [-0.4, -0.2) is 45.5 Å². The summed E-state index contributed by atoms with van der Waals surface area (Å²) in [5.41, 5.74) is 6.39. The molecule has 2 rings (SSSR count). The Hall–Kier alpha value is -2.24. The summed E-state index contributed by atoms with van der Waals surface area (Å²) in [4.78, 5) is 27.0. The predicted octanol–water partition coefficient (Wildman–Crippen LogP) is 2.40. The van der Waals surface area contributed by atoms with Crippen molar-refractivity contribution in [3.05, 3.63) is 29.8 Å². The molecule has 23 heavy (non-hydrogen) atoms. The zero-order valence-electron chi connectivity index (χ0n) is 14.2. The second kappa shape index (κ2) is 5.76. The van der Waals surface area contributed by atoms with Gasteiger partial charge in [-0.1, -0.05) is 32.9 Å². The summed E-state index contributed by atoms with van der Waals surface area (Å²) in [5, 5.41) is 9.50. The third-order valence-corrected chi connectivity index (χ3v) is 4.94. The largest absolute Gasteiger partial charge is 0.465 e. The third-order valence-electron chi connectivity index (χ3n) is 4.94. The number of nitrogens with two attached hydrogens (primary N) is 1. The molecule has 0 aromatic heterocycles. The Kier molecular flexibility index (Phi) is 4.28. The Balaban J connectivity index is 2.28. The molecule has 1 atom stereocenters. The lowest BCUT2D eigenvalue weighted by Crippen LogP contribution is -2.68. The van der Waals surface area contributed by atoms with Crippen LogP contribution in [0.1, 0.15) is 33.3 Å². The number of anilines is 1. The molecule has 3 N–H and O–H groups in total. The first kappa shape index (κ1) is 17.1. The summed E-state index contributed by atoms with van der Waals surface area (Å²) in [6, 6.07) is 7.38. The molecular formula is C17H25N3O3. The molecule has 0 radical (unpaired) electrons. The van der Waals surface area contributed by atoms with Crippen LogP contribution in [0.25, 0.3) is 0 Å². The van der Waals surface area contributed by atoms with Gasteiger partial charge >= 0.3 is 6.09 Å². The highest BCUT2D eigenvalue weighted by atomic mass is 16.4. The standard InChI is InChI=1S/C17H25N3O3/c1-16(2,3)17(4)11-19(14(21)10-20(17)15(22)23)9-12-5-7-13(18)8-6-12/h5-8H,9-11,18H2,1-4H3,(H,22,23). The molecule has 1 aromatic carbocycles.